The van der Waals surface area contributed by atoms with Gasteiger partial charge in [-0.3, -0.25) is 0 Å². The van der Waals surface area contributed by atoms with Gasteiger partial charge in [-0.15, -0.1) is 0 Å². The van der Waals surface area contributed by atoms with Crippen molar-refractivity contribution in [3.63, 3.8) is 0 Å². The van der Waals surface area contributed by atoms with Crippen molar-refractivity contribution in [3.05, 3.63) is 39.4 Å². The zero-order chi connectivity index (χ0) is 12.0. The molecule has 0 saturated heterocycles. The van der Waals surface area contributed by atoms with Gasteiger partial charge in [0.15, 0.2) is 0 Å². The summed E-state index contributed by atoms with van der Waals surface area (Å²) in [5.74, 6) is 0. The fraction of sp³-hybridized carbons (Fsp3) is 0. The van der Waals surface area contributed by atoms with E-state index in [2.05, 4.69) is 0 Å². The van der Waals surface area contributed by atoms with Crippen molar-refractivity contribution in [1.29, 1.82) is 31.6 Å². The third kappa shape index (κ3) is 194. The molecule has 0 atom stereocenters. The van der Waals surface area contributed by atoms with E-state index in [9.17, 15) is 0 Å². The molecule has 0 heterocycles. The van der Waals surface area contributed by atoms with Crippen LogP contribution in [0.4, 0.5) is 0 Å². The number of rotatable bonds is 0. The van der Waals surface area contributed by atoms with E-state index in [1.54, 1.807) is 0 Å². The van der Waals surface area contributed by atoms with Gasteiger partial charge in [0, 0.05) is 0 Å². The van der Waals surface area contributed by atoms with Gasteiger partial charge in [-0.05, 0) is 0 Å². The average molecular weight is 271 g/mol. The summed E-state index contributed by atoms with van der Waals surface area (Å²) in [6.07, 6.45) is 0. The molecule has 0 unspecified atom stereocenters. The van der Waals surface area contributed by atoms with E-state index in [1.165, 1.54) is 0 Å². The van der Waals surface area contributed by atoms with Gasteiger partial charge in [-0.2, -0.15) is 0 Å². The van der Waals surface area contributed by atoms with E-state index in [4.69, 9.17) is 71.0 Å². The van der Waals surface area contributed by atoms with Crippen molar-refractivity contribution in [2.75, 3.05) is 0 Å². The van der Waals surface area contributed by atoms with E-state index in [1.807, 2.05) is 0 Å². The summed E-state index contributed by atoms with van der Waals surface area (Å²) in [5.41, 5.74) is 0. The molecule has 0 amide bonds. The molecule has 0 N–H and O–H groups in total. The molecule has 1 radical (unpaired) electrons. The molecule has 0 spiro atoms. The molecule has 0 aromatic carbocycles. The maximum absolute atomic E-state index is 6.25. The first-order valence-electron chi connectivity index (χ1n) is 1.34. The van der Waals surface area contributed by atoms with Crippen molar-refractivity contribution in [2.45, 2.75) is 0 Å². The fourth-order valence-corrected chi connectivity index (χ4v) is 0. The summed E-state index contributed by atoms with van der Waals surface area (Å²) in [6.45, 7) is 28.5. The number of hydrogen-bond donors (Lipinski definition) is 0. The van der Waals surface area contributed by atoms with Crippen molar-refractivity contribution >= 4 is 0 Å². The van der Waals surface area contributed by atoms with E-state index in [0.717, 1.165) is 0 Å². The van der Waals surface area contributed by atoms with Crippen molar-refractivity contribution in [2.24, 2.45) is 0 Å². The van der Waals surface area contributed by atoms with Crippen LogP contribution in [0.5, 0.6) is 0 Å². The summed E-state index contributed by atoms with van der Waals surface area (Å²) in [7, 11) is 0. The Bertz CT molecular complexity index is 97.3. The first-order valence-corrected chi connectivity index (χ1v) is 1.34. The summed E-state index contributed by atoms with van der Waals surface area (Å²) >= 11 is 0. The van der Waals surface area contributed by atoms with E-state index >= 15 is 0 Å². The van der Waals surface area contributed by atoms with Crippen LogP contribution in [0.3, 0.4) is 0 Å². The zero-order valence-electron chi connectivity index (χ0n) is 6.37. The summed E-state index contributed by atoms with van der Waals surface area (Å²) in [5, 5.41) is 37.5. The fourth-order valence-electron chi connectivity index (χ4n) is 0. The maximum atomic E-state index is 6.25. The molecule has 0 aromatic heterocycles. The molecule has 8 heteroatoms. The zero-order valence-corrected chi connectivity index (χ0v) is 8.52. The molecule has 0 aromatic rings. The Kier molecular flexibility index (Phi) is 1720. The van der Waals surface area contributed by atoms with Gasteiger partial charge in [-0.25, -0.2) is 0 Å². The maximum Gasteiger partial charge on any atom is 4.00 e. The van der Waals surface area contributed by atoms with Gasteiger partial charge < -0.3 is 71.0 Å². The van der Waals surface area contributed by atoms with E-state index in [-0.39, 0.29) is 33.8 Å². The van der Waals surface area contributed by atoms with Crippen LogP contribution in [-0.2, 0) is 33.8 Å². The van der Waals surface area contributed by atoms with Crippen LogP contribution in [0, 0.1) is 71.0 Å². The van der Waals surface area contributed by atoms with Crippen molar-refractivity contribution in [3.8, 4) is 0 Å². The Morgan fingerprint density at radius 3 is 0.357 bits per heavy atom. The number of hydrogen-bond acceptors (Lipinski definition) is 6. The minimum Gasteiger partial charge on any atom is -0.512 e. The average Bonchev–Trinajstić information content (AvgIpc) is 2.33. The van der Waals surface area contributed by atoms with Gasteiger partial charge in [0.1, 0.15) is 0 Å². The summed E-state index contributed by atoms with van der Waals surface area (Å²) in [6, 6.07) is 0. The second-order valence-electron chi connectivity index (χ2n) is 0. The largest absolute Gasteiger partial charge is 4.00 e. The Labute approximate surface area is 105 Å². The number of nitrogens with zero attached hydrogens (tertiary/aromatic N) is 6. The quantitative estimate of drug-likeness (QED) is 0.465. The van der Waals surface area contributed by atoms with Gasteiger partial charge >= 0.3 is 33.8 Å². The van der Waals surface area contributed by atoms with Crippen LogP contribution >= 0.6 is 0 Å². The first-order chi connectivity index (χ1) is 6.00. The Hall–Kier alpha value is -2.03. The third-order valence-electron chi connectivity index (χ3n) is 0. The van der Waals surface area contributed by atoms with Gasteiger partial charge in [0.25, 0.3) is 0 Å². The predicted molar refractivity (Wildman–Crippen MR) is 29.8 cm³/mol. The minimum atomic E-state index is 0. The molecule has 0 rings (SSSR count). The molecule has 0 bridgehead atoms. The molecule has 0 aliphatic carbocycles. The van der Waals surface area contributed by atoms with Crippen LogP contribution in [0.1, 0.15) is 0 Å². The predicted octanol–water partition coefficient (Wildman–Crippen LogP) is 0.573. The van der Waals surface area contributed by atoms with Gasteiger partial charge in [0.2, 0.25) is 0 Å². The SMILES string of the molecule is [C-]#N.[C-]#N.[C-]#N.[C-]#N.[C-]#N.[C-]#N.[Co+2].[Fe+4]. The van der Waals surface area contributed by atoms with Gasteiger partial charge in [0.05, 0.1) is 0 Å². The van der Waals surface area contributed by atoms with E-state index < -0.39 is 0 Å². The standard InChI is InChI=1S/6CN.Co.Fe/c6*1-2;;/q6*-1;+2;+4. The van der Waals surface area contributed by atoms with Crippen LogP contribution in [0.15, 0.2) is 0 Å². The molecule has 0 aliphatic rings. The Morgan fingerprint density at radius 1 is 0.357 bits per heavy atom. The third-order valence-corrected chi connectivity index (χ3v) is 0. The van der Waals surface area contributed by atoms with Gasteiger partial charge in [-0.1, -0.05) is 0 Å². The van der Waals surface area contributed by atoms with E-state index in [0.29, 0.717) is 0 Å². The second kappa shape index (κ2) is 263. The Balaban J connectivity index is -0.00000000500. The molecule has 0 saturated carbocycles. The van der Waals surface area contributed by atoms with Crippen molar-refractivity contribution in [1.82, 2.24) is 0 Å². The molecule has 6 nitrogen and oxygen atoms in total. The first kappa shape index (κ1) is 91.5. The van der Waals surface area contributed by atoms with Crippen LogP contribution in [0.2, 0.25) is 0 Å². The Morgan fingerprint density at radius 2 is 0.357 bits per heavy atom. The monoisotopic (exact) mass is 271 g/mol. The van der Waals surface area contributed by atoms with Crippen molar-refractivity contribution < 1.29 is 33.8 Å². The second-order valence-corrected chi connectivity index (χ2v) is 0. The summed E-state index contributed by atoms with van der Waals surface area (Å²) < 4.78 is 0. The van der Waals surface area contributed by atoms with Crippen LogP contribution < -0.4 is 0 Å². The van der Waals surface area contributed by atoms with Crippen LogP contribution in [-0.4, -0.2) is 0 Å². The van der Waals surface area contributed by atoms with Crippen LogP contribution in [0.25, 0.3) is 0 Å². The smallest absolute Gasteiger partial charge is 0.512 e. The molecule has 0 aliphatic heterocycles. The molecular weight excluding hydrogens is 271 g/mol. The molecule has 71 valence electrons. The minimum absolute atomic E-state index is 0. The molecular formula is C6CoFeN6. The molecule has 14 heavy (non-hydrogen) atoms. The topological polar surface area (TPSA) is 143 Å². The normalized spacial score (nSPS) is 0.857. The molecule has 0 fully saturated rings. The summed E-state index contributed by atoms with van der Waals surface area (Å²) in [4.78, 5) is 0.